The Hall–Kier alpha value is -0.240. The third kappa shape index (κ3) is 4.02. The van der Waals surface area contributed by atoms with Crippen molar-refractivity contribution < 1.29 is 0 Å². The minimum absolute atomic E-state index is 0.0281. The predicted molar refractivity (Wildman–Crippen MR) is 73.8 cm³/mol. The summed E-state index contributed by atoms with van der Waals surface area (Å²) < 4.78 is 1.05. The fourth-order valence-corrected chi connectivity index (χ4v) is 1.79. The quantitative estimate of drug-likeness (QED) is 0.662. The maximum atomic E-state index is 6.03. The van der Waals surface area contributed by atoms with Crippen molar-refractivity contribution in [2.75, 3.05) is 0 Å². The van der Waals surface area contributed by atoms with Gasteiger partial charge in [0, 0.05) is 16.0 Å². The van der Waals surface area contributed by atoms with Gasteiger partial charge < -0.3 is 5.73 Å². The van der Waals surface area contributed by atoms with Crippen LogP contribution < -0.4 is 5.73 Å². The van der Waals surface area contributed by atoms with Crippen LogP contribution in [0.25, 0.3) is 0 Å². The second-order valence-electron chi connectivity index (χ2n) is 3.25. The molecule has 3 heteroatoms. The van der Waals surface area contributed by atoms with E-state index in [1.807, 2.05) is 25.1 Å². The molecule has 1 unspecified atom stereocenters. The number of hydrogen-bond donors (Lipinski definition) is 1. The van der Waals surface area contributed by atoms with Crippen molar-refractivity contribution in [3.05, 3.63) is 32.4 Å². The van der Waals surface area contributed by atoms with Crippen LogP contribution >= 0.6 is 34.2 Å². The van der Waals surface area contributed by atoms with E-state index in [1.165, 1.54) is 0 Å². The molecule has 0 fully saturated rings. The standard InChI is InChI=1S/C12H13ClIN/c1-2-3-4-5-12(15)9-6-7-11(14)10(13)8-9/h6-8,12H,4-5,15H2,1H3. The minimum Gasteiger partial charge on any atom is -0.324 e. The predicted octanol–water partition coefficient (Wildman–Crippen LogP) is 3.75. The Labute approximate surface area is 110 Å². The molecule has 0 radical (unpaired) electrons. The summed E-state index contributed by atoms with van der Waals surface area (Å²) in [5.74, 6) is 5.87. The van der Waals surface area contributed by atoms with E-state index < -0.39 is 0 Å². The third-order valence-corrected chi connectivity index (χ3v) is 3.70. The normalized spacial score (nSPS) is 11.7. The van der Waals surface area contributed by atoms with E-state index in [0.29, 0.717) is 0 Å². The maximum Gasteiger partial charge on any atom is 0.0542 e. The molecule has 0 heterocycles. The fourth-order valence-electron chi connectivity index (χ4n) is 1.26. The molecule has 0 amide bonds. The van der Waals surface area contributed by atoms with Crippen LogP contribution in [-0.2, 0) is 0 Å². The van der Waals surface area contributed by atoms with Gasteiger partial charge in [-0.3, -0.25) is 0 Å². The summed E-state index contributed by atoms with van der Waals surface area (Å²) in [6, 6.07) is 5.98. The van der Waals surface area contributed by atoms with E-state index in [0.717, 1.165) is 27.0 Å². The smallest absolute Gasteiger partial charge is 0.0542 e. The summed E-state index contributed by atoms with van der Waals surface area (Å²) in [7, 11) is 0. The lowest BCUT2D eigenvalue weighted by Gasteiger charge is -2.11. The Morgan fingerprint density at radius 2 is 2.27 bits per heavy atom. The van der Waals surface area contributed by atoms with Crippen LogP contribution in [0.1, 0.15) is 31.4 Å². The zero-order valence-electron chi connectivity index (χ0n) is 8.56. The van der Waals surface area contributed by atoms with E-state index in [2.05, 4.69) is 34.4 Å². The molecule has 2 N–H and O–H groups in total. The highest BCUT2D eigenvalue weighted by Gasteiger charge is 2.06. The minimum atomic E-state index is 0.0281. The lowest BCUT2D eigenvalue weighted by Crippen LogP contribution is -2.09. The number of benzene rings is 1. The molecule has 80 valence electrons. The van der Waals surface area contributed by atoms with Crippen molar-refractivity contribution in [1.29, 1.82) is 0 Å². The molecular weight excluding hydrogens is 320 g/mol. The summed E-state index contributed by atoms with van der Waals surface area (Å²) in [6.45, 7) is 1.84. The summed E-state index contributed by atoms with van der Waals surface area (Å²) >= 11 is 8.23. The Bertz CT molecular complexity index is 392. The van der Waals surface area contributed by atoms with Gasteiger partial charge in [0.15, 0.2) is 0 Å². The second kappa shape index (κ2) is 6.37. The van der Waals surface area contributed by atoms with Crippen molar-refractivity contribution in [1.82, 2.24) is 0 Å². The molecule has 1 atom stereocenters. The van der Waals surface area contributed by atoms with Crippen LogP contribution in [0.4, 0.5) is 0 Å². The van der Waals surface area contributed by atoms with Crippen molar-refractivity contribution >= 4 is 34.2 Å². The number of nitrogens with two attached hydrogens (primary N) is 1. The molecule has 1 aromatic rings. The van der Waals surface area contributed by atoms with E-state index in [4.69, 9.17) is 17.3 Å². The van der Waals surface area contributed by atoms with Crippen LogP contribution in [0.2, 0.25) is 5.02 Å². The number of halogens is 2. The van der Waals surface area contributed by atoms with Gasteiger partial charge in [-0.2, -0.15) is 0 Å². The first-order valence-electron chi connectivity index (χ1n) is 4.75. The SMILES string of the molecule is CC#CCCC(N)c1ccc(I)c(Cl)c1. The average molecular weight is 334 g/mol. The highest BCUT2D eigenvalue weighted by Crippen LogP contribution is 2.24. The molecule has 0 aromatic heterocycles. The molecule has 1 nitrogen and oxygen atoms in total. The number of rotatable bonds is 3. The number of hydrogen-bond acceptors (Lipinski definition) is 1. The van der Waals surface area contributed by atoms with Gasteiger partial charge in [0.25, 0.3) is 0 Å². The highest BCUT2D eigenvalue weighted by atomic mass is 127. The second-order valence-corrected chi connectivity index (χ2v) is 4.81. The largest absolute Gasteiger partial charge is 0.324 e. The third-order valence-electron chi connectivity index (χ3n) is 2.13. The van der Waals surface area contributed by atoms with Crippen molar-refractivity contribution in [2.24, 2.45) is 5.73 Å². The molecule has 0 saturated heterocycles. The topological polar surface area (TPSA) is 26.0 Å². The molecule has 15 heavy (non-hydrogen) atoms. The van der Waals surface area contributed by atoms with Gasteiger partial charge in [-0.15, -0.1) is 11.8 Å². The van der Waals surface area contributed by atoms with Gasteiger partial charge in [0.1, 0.15) is 0 Å². The maximum absolute atomic E-state index is 6.03. The Balaban J connectivity index is 2.68. The molecule has 0 aliphatic carbocycles. The van der Waals surface area contributed by atoms with Gasteiger partial charge in [-0.05, 0) is 53.6 Å². The molecular formula is C12H13ClIN. The van der Waals surface area contributed by atoms with Crippen LogP contribution in [0.15, 0.2) is 18.2 Å². The zero-order chi connectivity index (χ0) is 11.3. The Morgan fingerprint density at radius 1 is 1.53 bits per heavy atom. The fraction of sp³-hybridized carbons (Fsp3) is 0.333. The molecule has 0 saturated carbocycles. The monoisotopic (exact) mass is 333 g/mol. The molecule has 1 rings (SSSR count). The molecule has 0 aliphatic heterocycles. The van der Waals surface area contributed by atoms with Gasteiger partial charge in [0.05, 0.1) is 5.02 Å². The van der Waals surface area contributed by atoms with E-state index in [1.54, 1.807) is 0 Å². The zero-order valence-corrected chi connectivity index (χ0v) is 11.5. The molecule has 0 bridgehead atoms. The summed E-state index contributed by atoms with van der Waals surface area (Å²) in [5.41, 5.74) is 7.11. The lowest BCUT2D eigenvalue weighted by atomic mass is 10.0. The van der Waals surface area contributed by atoms with Gasteiger partial charge >= 0.3 is 0 Å². The first-order valence-corrected chi connectivity index (χ1v) is 6.21. The van der Waals surface area contributed by atoms with Gasteiger partial charge in [-0.1, -0.05) is 17.7 Å². The first kappa shape index (κ1) is 12.8. The summed E-state index contributed by atoms with van der Waals surface area (Å²) in [5, 5.41) is 0.769. The van der Waals surface area contributed by atoms with Crippen molar-refractivity contribution in [3.63, 3.8) is 0 Å². The van der Waals surface area contributed by atoms with Crippen LogP contribution in [0.5, 0.6) is 0 Å². The van der Waals surface area contributed by atoms with Crippen LogP contribution in [0, 0.1) is 15.4 Å². The average Bonchev–Trinajstić information content (AvgIpc) is 2.22. The van der Waals surface area contributed by atoms with Crippen LogP contribution in [0.3, 0.4) is 0 Å². The lowest BCUT2D eigenvalue weighted by molar-refractivity contribution is 0.667. The first-order chi connectivity index (χ1) is 7.15. The van der Waals surface area contributed by atoms with E-state index >= 15 is 0 Å². The van der Waals surface area contributed by atoms with Gasteiger partial charge in [-0.25, -0.2) is 0 Å². The van der Waals surface area contributed by atoms with Crippen LogP contribution in [-0.4, -0.2) is 0 Å². The highest BCUT2D eigenvalue weighted by molar-refractivity contribution is 14.1. The van der Waals surface area contributed by atoms with Crippen molar-refractivity contribution in [3.8, 4) is 11.8 Å². The summed E-state index contributed by atoms with van der Waals surface area (Å²) in [6.07, 6.45) is 1.71. The Kier molecular flexibility index (Phi) is 5.44. The molecule has 0 aliphatic rings. The van der Waals surface area contributed by atoms with Gasteiger partial charge in [0.2, 0.25) is 0 Å². The Morgan fingerprint density at radius 3 is 2.87 bits per heavy atom. The summed E-state index contributed by atoms with van der Waals surface area (Å²) in [4.78, 5) is 0. The molecule has 0 spiro atoms. The van der Waals surface area contributed by atoms with E-state index in [-0.39, 0.29) is 6.04 Å². The van der Waals surface area contributed by atoms with E-state index in [9.17, 15) is 0 Å². The molecule has 1 aromatic carbocycles. The van der Waals surface area contributed by atoms with Crippen molar-refractivity contribution in [2.45, 2.75) is 25.8 Å².